The fourth-order valence-corrected chi connectivity index (χ4v) is 3.70. The van der Waals surface area contributed by atoms with Gasteiger partial charge >= 0.3 is 0 Å². The van der Waals surface area contributed by atoms with Gasteiger partial charge in [-0.25, -0.2) is 4.98 Å². The van der Waals surface area contributed by atoms with Gasteiger partial charge in [0.05, 0.1) is 17.2 Å². The molecule has 1 aromatic heterocycles. The van der Waals surface area contributed by atoms with E-state index in [4.69, 9.17) is 4.98 Å². The Hall–Kier alpha value is -0.610. The molecule has 0 atom stereocenters. The van der Waals surface area contributed by atoms with Crippen molar-refractivity contribution in [2.75, 3.05) is 11.4 Å². The Morgan fingerprint density at radius 3 is 2.50 bits per heavy atom. The highest BCUT2D eigenvalue weighted by atomic mass is 32.1. The molecule has 0 radical (unpaired) electrons. The van der Waals surface area contributed by atoms with Crippen molar-refractivity contribution in [3.8, 4) is 0 Å². The molecule has 3 nitrogen and oxygen atoms in total. The summed E-state index contributed by atoms with van der Waals surface area (Å²) in [7, 11) is 0. The number of nitrogens with zero attached hydrogens (tertiary/aromatic N) is 2. The SMILES string of the molecule is OCc1sc(N(CC2CC2)C2CC2)nc1C1CC1. The van der Waals surface area contributed by atoms with Crippen LogP contribution in [0.1, 0.15) is 55.0 Å². The average molecular weight is 264 g/mol. The molecule has 0 spiro atoms. The molecule has 1 aromatic rings. The molecule has 3 saturated carbocycles. The number of anilines is 1. The number of hydrogen-bond donors (Lipinski definition) is 1. The zero-order valence-electron chi connectivity index (χ0n) is 10.6. The lowest BCUT2D eigenvalue weighted by Gasteiger charge is -2.21. The summed E-state index contributed by atoms with van der Waals surface area (Å²) in [5, 5.41) is 10.7. The fraction of sp³-hybridized carbons (Fsp3) is 0.786. The number of aromatic nitrogens is 1. The molecule has 1 N–H and O–H groups in total. The zero-order valence-corrected chi connectivity index (χ0v) is 11.5. The smallest absolute Gasteiger partial charge is 0.186 e. The van der Waals surface area contributed by atoms with Crippen LogP contribution in [0.5, 0.6) is 0 Å². The molecule has 0 aliphatic heterocycles. The topological polar surface area (TPSA) is 36.4 Å². The molecule has 98 valence electrons. The summed E-state index contributed by atoms with van der Waals surface area (Å²) in [6.07, 6.45) is 8.00. The standard InChI is InChI=1S/C14H20N2OS/c17-8-12-13(10-3-4-10)15-14(18-12)16(11-5-6-11)7-9-1-2-9/h9-11,17H,1-8H2. The van der Waals surface area contributed by atoms with E-state index in [9.17, 15) is 5.11 Å². The van der Waals surface area contributed by atoms with E-state index in [-0.39, 0.29) is 6.61 Å². The summed E-state index contributed by atoms with van der Waals surface area (Å²) in [5.74, 6) is 1.57. The van der Waals surface area contributed by atoms with Crippen molar-refractivity contribution in [1.29, 1.82) is 0 Å². The van der Waals surface area contributed by atoms with E-state index in [2.05, 4.69) is 4.90 Å². The largest absolute Gasteiger partial charge is 0.391 e. The lowest BCUT2D eigenvalue weighted by Crippen LogP contribution is -2.27. The summed E-state index contributed by atoms with van der Waals surface area (Å²) in [5.41, 5.74) is 1.21. The van der Waals surface area contributed by atoms with Gasteiger partial charge in [0.15, 0.2) is 5.13 Å². The minimum absolute atomic E-state index is 0.172. The van der Waals surface area contributed by atoms with Crippen LogP contribution in [0.2, 0.25) is 0 Å². The third kappa shape index (κ3) is 2.16. The highest BCUT2D eigenvalue weighted by molar-refractivity contribution is 7.15. The second-order valence-corrected chi connectivity index (χ2v) is 7.13. The first kappa shape index (κ1) is 11.2. The fourth-order valence-electron chi connectivity index (χ4n) is 2.61. The Bertz CT molecular complexity index is 447. The van der Waals surface area contributed by atoms with E-state index in [1.54, 1.807) is 11.3 Å². The second kappa shape index (κ2) is 4.20. The highest BCUT2D eigenvalue weighted by Gasteiger charge is 2.37. The minimum Gasteiger partial charge on any atom is -0.391 e. The Morgan fingerprint density at radius 1 is 1.17 bits per heavy atom. The lowest BCUT2D eigenvalue weighted by molar-refractivity contribution is 0.284. The lowest BCUT2D eigenvalue weighted by atomic mass is 10.2. The van der Waals surface area contributed by atoms with Gasteiger partial charge in [0, 0.05) is 18.5 Å². The molecule has 0 unspecified atom stereocenters. The summed E-state index contributed by atoms with van der Waals surface area (Å²) >= 11 is 1.74. The highest BCUT2D eigenvalue weighted by Crippen LogP contribution is 2.46. The Morgan fingerprint density at radius 2 is 1.94 bits per heavy atom. The van der Waals surface area contributed by atoms with Crippen LogP contribution in [-0.2, 0) is 6.61 Å². The van der Waals surface area contributed by atoms with Crippen LogP contribution < -0.4 is 4.90 Å². The molecule has 0 bridgehead atoms. The van der Waals surface area contributed by atoms with E-state index >= 15 is 0 Å². The van der Waals surface area contributed by atoms with Gasteiger partial charge in [0.1, 0.15) is 0 Å². The van der Waals surface area contributed by atoms with Crippen molar-refractivity contribution >= 4 is 16.5 Å². The van der Waals surface area contributed by atoms with Gasteiger partial charge in [0.25, 0.3) is 0 Å². The molecule has 3 fully saturated rings. The molecular weight excluding hydrogens is 244 g/mol. The number of aliphatic hydroxyl groups is 1. The Labute approximate surface area is 112 Å². The van der Waals surface area contributed by atoms with Crippen molar-refractivity contribution < 1.29 is 5.11 Å². The minimum atomic E-state index is 0.172. The zero-order chi connectivity index (χ0) is 12.1. The number of hydrogen-bond acceptors (Lipinski definition) is 4. The predicted molar refractivity (Wildman–Crippen MR) is 73.1 cm³/mol. The van der Waals surface area contributed by atoms with E-state index < -0.39 is 0 Å². The molecule has 0 amide bonds. The third-order valence-corrected chi connectivity index (χ3v) is 5.30. The quantitative estimate of drug-likeness (QED) is 0.858. The molecule has 0 saturated heterocycles. The molecule has 0 aromatic carbocycles. The van der Waals surface area contributed by atoms with Gasteiger partial charge < -0.3 is 10.0 Å². The first-order valence-electron chi connectivity index (χ1n) is 7.22. The Kier molecular flexibility index (Phi) is 2.62. The number of rotatable bonds is 6. The van der Waals surface area contributed by atoms with Crippen molar-refractivity contribution in [2.24, 2.45) is 5.92 Å². The van der Waals surface area contributed by atoms with E-state index in [1.165, 1.54) is 55.9 Å². The predicted octanol–water partition coefficient (Wildman–Crippen LogP) is 2.89. The van der Waals surface area contributed by atoms with Crippen molar-refractivity contribution in [3.05, 3.63) is 10.6 Å². The normalized spacial score (nSPS) is 23.4. The Balaban J connectivity index is 1.60. The first-order valence-corrected chi connectivity index (χ1v) is 8.04. The summed E-state index contributed by atoms with van der Waals surface area (Å²) in [4.78, 5) is 8.52. The average Bonchev–Trinajstić information content (AvgIpc) is 3.24. The molecule has 1 heterocycles. The molecule has 3 aliphatic carbocycles. The van der Waals surface area contributed by atoms with Crippen LogP contribution >= 0.6 is 11.3 Å². The summed E-state index contributed by atoms with van der Waals surface area (Å²) in [6.45, 7) is 1.37. The van der Waals surface area contributed by atoms with Crippen LogP contribution in [0, 0.1) is 5.92 Å². The monoisotopic (exact) mass is 264 g/mol. The maximum absolute atomic E-state index is 9.49. The van der Waals surface area contributed by atoms with Gasteiger partial charge in [0.2, 0.25) is 0 Å². The first-order chi connectivity index (χ1) is 8.85. The van der Waals surface area contributed by atoms with Crippen LogP contribution in [0.15, 0.2) is 0 Å². The van der Waals surface area contributed by atoms with Crippen LogP contribution in [0.3, 0.4) is 0 Å². The van der Waals surface area contributed by atoms with Crippen molar-refractivity contribution in [3.63, 3.8) is 0 Å². The molecule has 4 heteroatoms. The third-order valence-electron chi connectivity index (χ3n) is 4.21. The summed E-state index contributed by atoms with van der Waals surface area (Å²) < 4.78 is 0. The van der Waals surface area contributed by atoms with Crippen LogP contribution in [0.4, 0.5) is 5.13 Å². The van der Waals surface area contributed by atoms with Crippen molar-refractivity contribution in [1.82, 2.24) is 4.98 Å². The maximum atomic E-state index is 9.49. The van der Waals surface area contributed by atoms with Crippen LogP contribution in [-0.4, -0.2) is 22.7 Å². The van der Waals surface area contributed by atoms with Gasteiger partial charge in [-0.05, 0) is 44.4 Å². The van der Waals surface area contributed by atoms with Crippen molar-refractivity contribution in [2.45, 2.75) is 57.1 Å². The molecular formula is C14H20N2OS. The van der Waals surface area contributed by atoms with E-state index in [0.717, 1.165) is 16.8 Å². The molecule has 18 heavy (non-hydrogen) atoms. The maximum Gasteiger partial charge on any atom is 0.186 e. The summed E-state index contributed by atoms with van der Waals surface area (Å²) in [6, 6.07) is 0.746. The van der Waals surface area contributed by atoms with Gasteiger partial charge in [-0.3, -0.25) is 0 Å². The number of thiazole rings is 1. The van der Waals surface area contributed by atoms with E-state index in [0.29, 0.717) is 5.92 Å². The van der Waals surface area contributed by atoms with Gasteiger partial charge in [-0.15, -0.1) is 0 Å². The van der Waals surface area contributed by atoms with E-state index in [1.807, 2.05) is 0 Å². The van der Waals surface area contributed by atoms with Crippen LogP contribution in [0.25, 0.3) is 0 Å². The molecule has 3 aliphatic rings. The molecule has 4 rings (SSSR count). The second-order valence-electron chi connectivity index (χ2n) is 6.06. The van der Waals surface area contributed by atoms with Gasteiger partial charge in [-0.1, -0.05) is 11.3 Å². The number of aliphatic hydroxyl groups excluding tert-OH is 1. The van der Waals surface area contributed by atoms with Gasteiger partial charge in [-0.2, -0.15) is 0 Å².